The van der Waals surface area contributed by atoms with E-state index in [1.54, 1.807) is 6.92 Å². The summed E-state index contributed by atoms with van der Waals surface area (Å²) in [7, 11) is 1.54. The summed E-state index contributed by atoms with van der Waals surface area (Å²) >= 11 is 1.20. The van der Waals surface area contributed by atoms with E-state index in [9.17, 15) is 9.59 Å². The standard InChI is InChI=1S/C13H21N3O3S/c1-5-16(6-2)12-8(11(17)15-4)9(14)10(20-12)13(18)19-7-3/h5-7,14H2,1-4H3,(H,15,17). The van der Waals surface area contributed by atoms with Crippen LogP contribution in [0.3, 0.4) is 0 Å². The predicted molar refractivity (Wildman–Crippen MR) is 81.6 cm³/mol. The minimum atomic E-state index is -0.487. The zero-order chi connectivity index (χ0) is 15.3. The van der Waals surface area contributed by atoms with Crippen molar-refractivity contribution in [2.45, 2.75) is 20.8 Å². The van der Waals surface area contributed by atoms with E-state index in [1.165, 1.54) is 18.4 Å². The smallest absolute Gasteiger partial charge is 0.350 e. The van der Waals surface area contributed by atoms with Crippen molar-refractivity contribution in [2.75, 3.05) is 37.4 Å². The molecule has 0 aliphatic rings. The topological polar surface area (TPSA) is 84.7 Å². The highest BCUT2D eigenvalue weighted by molar-refractivity contribution is 7.19. The van der Waals surface area contributed by atoms with Crippen LogP contribution in [-0.4, -0.2) is 38.6 Å². The van der Waals surface area contributed by atoms with Crippen molar-refractivity contribution in [3.8, 4) is 0 Å². The van der Waals surface area contributed by atoms with Crippen molar-refractivity contribution in [1.82, 2.24) is 5.32 Å². The number of carbonyl (C=O) groups is 2. The maximum Gasteiger partial charge on any atom is 0.350 e. The zero-order valence-electron chi connectivity index (χ0n) is 12.3. The Bertz CT molecular complexity index is 495. The largest absolute Gasteiger partial charge is 0.462 e. The average Bonchev–Trinajstić information content (AvgIpc) is 2.77. The van der Waals surface area contributed by atoms with Crippen molar-refractivity contribution in [3.63, 3.8) is 0 Å². The summed E-state index contributed by atoms with van der Waals surface area (Å²) in [6.07, 6.45) is 0. The van der Waals surface area contributed by atoms with E-state index >= 15 is 0 Å². The molecule has 0 spiro atoms. The normalized spacial score (nSPS) is 10.2. The first-order chi connectivity index (χ1) is 9.51. The molecule has 3 N–H and O–H groups in total. The summed E-state index contributed by atoms with van der Waals surface area (Å²) in [5.41, 5.74) is 6.52. The van der Waals surface area contributed by atoms with Gasteiger partial charge in [0, 0.05) is 20.1 Å². The van der Waals surface area contributed by atoms with Crippen LogP contribution in [-0.2, 0) is 4.74 Å². The molecule has 1 aromatic rings. The highest BCUT2D eigenvalue weighted by Gasteiger charge is 2.27. The number of nitrogen functional groups attached to an aromatic ring is 1. The van der Waals surface area contributed by atoms with E-state index in [-0.39, 0.29) is 23.1 Å². The van der Waals surface area contributed by atoms with Gasteiger partial charge in [0.15, 0.2) is 0 Å². The molecular weight excluding hydrogens is 278 g/mol. The van der Waals surface area contributed by atoms with Gasteiger partial charge in [0.05, 0.1) is 17.9 Å². The molecule has 7 heteroatoms. The van der Waals surface area contributed by atoms with Gasteiger partial charge < -0.3 is 20.7 Å². The molecule has 1 aromatic heterocycles. The molecule has 0 aliphatic heterocycles. The van der Waals surface area contributed by atoms with Crippen LogP contribution in [0.15, 0.2) is 0 Å². The first-order valence-corrected chi connectivity index (χ1v) is 7.39. The third-order valence-electron chi connectivity index (χ3n) is 2.89. The molecule has 1 rings (SSSR count). The number of esters is 1. The zero-order valence-corrected chi connectivity index (χ0v) is 13.1. The number of hydrogen-bond acceptors (Lipinski definition) is 6. The molecule has 112 valence electrons. The Labute approximate surface area is 122 Å². The number of nitrogens with zero attached hydrogens (tertiary/aromatic N) is 1. The third-order valence-corrected chi connectivity index (χ3v) is 4.14. The van der Waals surface area contributed by atoms with E-state index in [2.05, 4.69) is 5.32 Å². The summed E-state index contributed by atoms with van der Waals surface area (Å²) in [5.74, 6) is -0.783. The van der Waals surface area contributed by atoms with Crippen LogP contribution >= 0.6 is 11.3 Å². The van der Waals surface area contributed by atoms with Crippen LogP contribution in [0.4, 0.5) is 10.7 Å². The molecule has 0 bridgehead atoms. The first-order valence-electron chi connectivity index (χ1n) is 6.58. The molecule has 0 unspecified atom stereocenters. The van der Waals surface area contributed by atoms with Crippen molar-refractivity contribution >= 4 is 33.9 Å². The minimum Gasteiger partial charge on any atom is -0.462 e. The van der Waals surface area contributed by atoms with Gasteiger partial charge in [0.2, 0.25) is 0 Å². The van der Waals surface area contributed by atoms with Crippen LogP contribution in [0.2, 0.25) is 0 Å². The molecular formula is C13H21N3O3S. The molecule has 0 aliphatic carbocycles. The number of rotatable bonds is 6. The summed E-state index contributed by atoms with van der Waals surface area (Å²) in [4.78, 5) is 26.2. The van der Waals surface area contributed by atoms with E-state index < -0.39 is 5.97 Å². The number of ether oxygens (including phenoxy) is 1. The predicted octanol–water partition coefficient (Wildman–Crippen LogP) is 1.71. The molecule has 0 saturated heterocycles. The maximum absolute atomic E-state index is 12.0. The lowest BCUT2D eigenvalue weighted by Gasteiger charge is -2.20. The van der Waals surface area contributed by atoms with Gasteiger partial charge in [-0.25, -0.2) is 4.79 Å². The molecule has 0 fully saturated rings. The monoisotopic (exact) mass is 299 g/mol. The Morgan fingerprint density at radius 3 is 2.35 bits per heavy atom. The number of hydrogen-bond donors (Lipinski definition) is 2. The Morgan fingerprint density at radius 2 is 1.90 bits per heavy atom. The molecule has 0 saturated carbocycles. The van der Waals surface area contributed by atoms with E-state index in [1.807, 2.05) is 18.7 Å². The fraction of sp³-hybridized carbons (Fsp3) is 0.538. The van der Waals surface area contributed by atoms with Crippen LogP contribution in [0.25, 0.3) is 0 Å². The molecule has 0 aromatic carbocycles. The van der Waals surface area contributed by atoms with Gasteiger partial charge in [-0.3, -0.25) is 4.79 Å². The maximum atomic E-state index is 12.0. The van der Waals surface area contributed by atoms with Crippen molar-refractivity contribution < 1.29 is 14.3 Å². The van der Waals surface area contributed by atoms with Gasteiger partial charge in [0.1, 0.15) is 9.88 Å². The van der Waals surface area contributed by atoms with Gasteiger partial charge in [-0.2, -0.15) is 0 Å². The van der Waals surface area contributed by atoms with Crippen LogP contribution in [0, 0.1) is 0 Å². The molecule has 0 atom stereocenters. The fourth-order valence-electron chi connectivity index (χ4n) is 1.86. The quantitative estimate of drug-likeness (QED) is 0.781. The van der Waals surface area contributed by atoms with E-state index in [0.29, 0.717) is 10.6 Å². The Balaban J connectivity index is 3.38. The van der Waals surface area contributed by atoms with Gasteiger partial charge in [-0.15, -0.1) is 11.3 Å². The minimum absolute atomic E-state index is 0.190. The number of amides is 1. The molecule has 1 amide bonds. The highest BCUT2D eigenvalue weighted by Crippen LogP contribution is 2.38. The Kier molecular flexibility index (Phi) is 5.82. The molecule has 20 heavy (non-hydrogen) atoms. The second kappa shape index (κ2) is 7.14. The van der Waals surface area contributed by atoms with Crippen molar-refractivity contribution in [2.24, 2.45) is 0 Å². The lowest BCUT2D eigenvalue weighted by atomic mass is 10.2. The second-order valence-corrected chi connectivity index (χ2v) is 5.00. The summed E-state index contributed by atoms with van der Waals surface area (Å²) in [5, 5.41) is 3.26. The van der Waals surface area contributed by atoms with Crippen molar-refractivity contribution in [1.29, 1.82) is 0 Å². The summed E-state index contributed by atoms with van der Waals surface area (Å²) in [6.45, 7) is 7.42. The number of thiophene rings is 1. The SMILES string of the molecule is CCOC(=O)c1sc(N(CC)CC)c(C(=O)NC)c1N. The van der Waals surface area contributed by atoms with Gasteiger partial charge >= 0.3 is 5.97 Å². The fourth-order valence-corrected chi connectivity index (χ4v) is 3.10. The third kappa shape index (κ3) is 3.04. The van der Waals surface area contributed by atoms with Crippen molar-refractivity contribution in [3.05, 3.63) is 10.4 Å². The Morgan fingerprint density at radius 1 is 1.30 bits per heavy atom. The molecule has 6 nitrogen and oxygen atoms in total. The second-order valence-electron chi connectivity index (χ2n) is 4.00. The average molecular weight is 299 g/mol. The summed E-state index contributed by atoms with van der Waals surface area (Å²) in [6, 6.07) is 0. The molecule has 1 heterocycles. The van der Waals surface area contributed by atoms with Gasteiger partial charge in [-0.05, 0) is 20.8 Å². The van der Waals surface area contributed by atoms with E-state index in [4.69, 9.17) is 10.5 Å². The number of nitrogens with one attached hydrogen (secondary N) is 1. The number of anilines is 2. The lowest BCUT2D eigenvalue weighted by molar-refractivity contribution is 0.0533. The summed E-state index contributed by atoms with van der Waals surface area (Å²) < 4.78 is 4.98. The lowest BCUT2D eigenvalue weighted by Crippen LogP contribution is -2.26. The number of nitrogens with two attached hydrogens (primary N) is 1. The van der Waals surface area contributed by atoms with Crippen LogP contribution in [0.1, 0.15) is 40.8 Å². The van der Waals surface area contributed by atoms with Crippen LogP contribution in [0.5, 0.6) is 0 Å². The number of carbonyl (C=O) groups excluding carboxylic acids is 2. The molecule has 0 radical (unpaired) electrons. The van der Waals surface area contributed by atoms with Crippen LogP contribution < -0.4 is 16.0 Å². The van der Waals surface area contributed by atoms with Gasteiger partial charge in [0.25, 0.3) is 5.91 Å². The Hall–Kier alpha value is -1.76. The van der Waals surface area contributed by atoms with E-state index in [0.717, 1.165) is 13.1 Å². The first kappa shape index (κ1) is 16.3. The highest BCUT2D eigenvalue weighted by atomic mass is 32.1. The van der Waals surface area contributed by atoms with Gasteiger partial charge in [-0.1, -0.05) is 0 Å².